The monoisotopic (exact) mass is 224 g/mol. The molecule has 0 saturated heterocycles. The molecule has 1 aliphatic carbocycles. The number of hydrogen-bond acceptors (Lipinski definition) is 2. The quantitative estimate of drug-likeness (QED) is 0.727. The molecule has 4 nitrogen and oxygen atoms in total. The van der Waals surface area contributed by atoms with E-state index in [1.807, 2.05) is 29.2 Å². The minimum Gasteiger partial charge on any atom is -0.283 e. The normalized spacial score (nSPS) is 15.5. The minimum atomic E-state index is 0.624. The fourth-order valence-electron chi connectivity index (χ4n) is 2.28. The second-order valence-electron chi connectivity index (χ2n) is 4.55. The molecule has 0 radical (unpaired) electrons. The molecule has 17 heavy (non-hydrogen) atoms. The van der Waals surface area contributed by atoms with Gasteiger partial charge in [0.2, 0.25) is 0 Å². The van der Waals surface area contributed by atoms with Crippen LogP contribution in [0.2, 0.25) is 0 Å². The zero-order valence-electron chi connectivity index (χ0n) is 9.30. The zero-order valence-corrected chi connectivity index (χ0v) is 9.30. The topological polar surface area (TPSA) is 46.5 Å². The first kappa shape index (κ1) is 8.98. The van der Waals surface area contributed by atoms with Gasteiger partial charge in [0, 0.05) is 17.5 Å². The Morgan fingerprint density at radius 1 is 1.24 bits per heavy atom. The Morgan fingerprint density at radius 2 is 2.12 bits per heavy atom. The molecule has 1 aliphatic rings. The van der Waals surface area contributed by atoms with E-state index in [0.29, 0.717) is 5.92 Å². The number of para-hydroxylation sites is 1. The number of aromatic nitrogens is 4. The highest BCUT2D eigenvalue weighted by molar-refractivity contribution is 5.80. The van der Waals surface area contributed by atoms with Crippen molar-refractivity contribution < 1.29 is 0 Å². The minimum absolute atomic E-state index is 0.624. The number of H-pyrrole nitrogens is 1. The lowest BCUT2D eigenvalue weighted by Crippen LogP contribution is -1.98. The van der Waals surface area contributed by atoms with Crippen molar-refractivity contribution >= 4 is 10.9 Å². The van der Waals surface area contributed by atoms with Gasteiger partial charge in [-0.3, -0.25) is 5.10 Å². The van der Waals surface area contributed by atoms with E-state index in [4.69, 9.17) is 0 Å². The molecular formula is C13H12N4. The summed E-state index contributed by atoms with van der Waals surface area (Å²) in [6, 6.07) is 8.24. The van der Waals surface area contributed by atoms with E-state index in [1.54, 1.807) is 0 Å². The number of nitrogens with one attached hydrogen (secondary N) is 1. The third-order valence-electron chi connectivity index (χ3n) is 3.32. The van der Waals surface area contributed by atoms with E-state index < -0.39 is 0 Å². The van der Waals surface area contributed by atoms with Crippen LogP contribution in [0.15, 0.2) is 36.7 Å². The van der Waals surface area contributed by atoms with Crippen molar-refractivity contribution in [2.45, 2.75) is 18.8 Å². The van der Waals surface area contributed by atoms with Gasteiger partial charge in [-0.15, -0.1) is 0 Å². The zero-order chi connectivity index (χ0) is 11.2. The van der Waals surface area contributed by atoms with Crippen LogP contribution in [-0.4, -0.2) is 20.0 Å². The summed E-state index contributed by atoms with van der Waals surface area (Å²) in [4.78, 5) is 0. The van der Waals surface area contributed by atoms with E-state index in [-0.39, 0.29) is 0 Å². The van der Waals surface area contributed by atoms with Crippen molar-refractivity contribution in [2.24, 2.45) is 0 Å². The molecule has 2 heterocycles. The Balaban J connectivity index is 1.95. The summed E-state index contributed by atoms with van der Waals surface area (Å²) in [7, 11) is 0. The Kier molecular flexibility index (Phi) is 1.69. The van der Waals surface area contributed by atoms with Gasteiger partial charge in [0.05, 0.1) is 17.4 Å². The summed E-state index contributed by atoms with van der Waals surface area (Å²) in [5.74, 6) is 0.624. The van der Waals surface area contributed by atoms with Crippen molar-refractivity contribution in [1.29, 1.82) is 0 Å². The largest absolute Gasteiger partial charge is 0.283 e. The Bertz CT molecular complexity index is 675. The summed E-state index contributed by atoms with van der Waals surface area (Å²) >= 11 is 0. The van der Waals surface area contributed by atoms with Crippen LogP contribution in [0, 0.1) is 0 Å². The van der Waals surface area contributed by atoms with Crippen molar-refractivity contribution in [3.05, 3.63) is 42.4 Å². The van der Waals surface area contributed by atoms with Crippen LogP contribution in [0.5, 0.6) is 0 Å². The first-order valence-electron chi connectivity index (χ1n) is 5.90. The van der Waals surface area contributed by atoms with Gasteiger partial charge in [0.1, 0.15) is 5.69 Å². The van der Waals surface area contributed by atoms with Gasteiger partial charge in [0.15, 0.2) is 0 Å². The highest BCUT2D eigenvalue weighted by Crippen LogP contribution is 2.41. The van der Waals surface area contributed by atoms with Crippen molar-refractivity contribution in [3.63, 3.8) is 0 Å². The predicted molar refractivity (Wildman–Crippen MR) is 65.2 cm³/mol. The summed E-state index contributed by atoms with van der Waals surface area (Å²) in [5, 5.41) is 12.9. The molecule has 0 bridgehead atoms. The average molecular weight is 224 g/mol. The number of benzene rings is 1. The summed E-state index contributed by atoms with van der Waals surface area (Å²) in [6.45, 7) is 0. The van der Waals surface area contributed by atoms with Gasteiger partial charge in [-0.1, -0.05) is 18.2 Å². The molecule has 0 amide bonds. The Labute approximate surface area is 98.3 Å². The number of aromatic amines is 1. The van der Waals surface area contributed by atoms with Crippen LogP contribution in [0.1, 0.15) is 24.5 Å². The predicted octanol–water partition coefficient (Wildman–Crippen LogP) is 2.63. The molecule has 3 aromatic rings. The van der Waals surface area contributed by atoms with Crippen molar-refractivity contribution in [1.82, 2.24) is 20.0 Å². The van der Waals surface area contributed by atoms with Crippen LogP contribution in [-0.2, 0) is 0 Å². The highest BCUT2D eigenvalue weighted by atomic mass is 15.3. The van der Waals surface area contributed by atoms with E-state index in [1.165, 1.54) is 12.8 Å². The van der Waals surface area contributed by atoms with E-state index in [0.717, 1.165) is 22.3 Å². The standard InChI is InChI=1S/C13H12N4/c1-2-4-11-10(3-1)7-15-17(11)12-8-14-16-13(12)9-5-6-9/h1-4,7-9H,5-6H2,(H,14,16). The molecule has 4 rings (SSSR count). The van der Waals surface area contributed by atoms with Gasteiger partial charge in [-0.2, -0.15) is 10.2 Å². The van der Waals surface area contributed by atoms with E-state index >= 15 is 0 Å². The molecule has 1 fully saturated rings. The number of nitrogens with zero attached hydrogens (tertiary/aromatic N) is 3. The summed E-state index contributed by atoms with van der Waals surface area (Å²) in [6.07, 6.45) is 6.33. The fraction of sp³-hybridized carbons (Fsp3) is 0.231. The number of hydrogen-bond donors (Lipinski definition) is 1. The van der Waals surface area contributed by atoms with Crippen molar-refractivity contribution in [2.75, 3.05) is 0 Å². The smallest absolute Gasteiger partial charge is 0.106 e. The second-order valence-corrected chi connectivity index (χ2v) is 4.55. The van der Waals surface area contributed by atoms with Crippen molar-refractivity contribution in [3.8, 4) is 5.69 Å². The lowest BCUT2D eigenvalue weighted by Gasteiger charge is -2.02. The molecule has 1 aromatic carbocycles. The van der Waals surface area contributed by atoms with Gasteiger partial charge in [0.25, 0.3) is 0 Å². The van der Waals surface area contributed by atoms with E-state index in [2.05, 4.69) is 27.4 Å². The molecule has 0 aliphatic heterocycles. The molecule has 2 aromatic heterocycles. The average Bonchev–Trinajstić information content (AvgIpc) is 2.94. The van der Waals surface area contributed by atoms with Crippen LogP contribution in [0.25, 0.3) is 16.6 Å². The molecule has 84 valence electrons. The summed E-state index contributed by atoms with van der Waals surface area (Å²) in [5.41, 5.74) is 3.38. The van der Waals surface area contributed by atoms with E-state index in [9.17, 15) is 0 Å². The maximum Gasteiger partial charge on any atom is 0.106 e. The van der Waals surface area contributed by atoms with Crippen LogP contribution >= 0.6 is 0 Å². The molecule has 4 heteroatoms. The molecule has 1 N–H and O–H groups in total. The molecular weight excluding hydrogens is 212 g/mol. The Hall–Kier alpha value is -2.10. The SMILES string of the molecule is c1ccc2c(c1)cnn2-c1c[nH]nc1C1CC1. The molecule has 1 saturated carbocycles. The Morgan fingerprint density at radius 3 is 3.00 bits per heavy atom. The number of rotatable bonds is 2. The molecule has 0 spiro atoms. The summed E-state index contributed by atoms with van der Waals surface area (Å²) < 4.78 is 1.98. The van der Waals surface area contributed by atoms with Gasteiger partial charge in [-0.25, -0.2) is 4.68 Å². The maximum absolute atomic E-state index is 4.47. The molecule has 0 unspecified atom stereocenters. The lowest BCUT2D eigenvalue weighted by atomic mass is 10.2. The van der Waals surface area contributed by atoms with Crippen LogP contribution in [0.4, 0.5) is 0 Å². The number of fused-ring (bicyclic) bond motifs is 1. The second kappa shape index (κ2) is 3.20. The fourth-order valence-corrected chi connectivity index (χ4v) is 2.28. The van der Waals surface area contributed by atoms with Crippen LogP contribution in [0.3, 0.4) is 0 Å². The van der Waals surface area contributed by atoms with Crippen LogP contribution < -0.4 is 0 Å². The van der Waals surface area contributed by atoms with Gasteiger partial charge >= 0.3 is 0 Å². The first-order chi connectivity index (χ1) is 8.43. The van der Waals surface area contributed by atoms with Gasteiger partial charge < -0.3 is 0 Å². The highest BCUT2D eigenvalue weighted by Gasteiger charge is 2.29. The lowest BCUT2D eigenvalue weighted by molar-refractivity contribution is 0.880. The van der Waals surface area contributed by atoms with Gasteiger partial charge in [-0.05, 0) is 18.9 Å². The maximum atomic E-state index is 4.47. The molecule has 0 atom stereocenters. The first-order valence-corrected chi connectivity index (χ1v) is 5.90. The third kappa shape index (κ3) is 1.30. The third-order valence-corrected chi connectivity index (χ3v) is 3.32.